The molecule has 2 heterocycles. The Balaban J connectivity index is 1.41. The first-order chi connectivity index (χ1) is 23.3. The van der Waals surface area contributed by atoms with E-state index in [0.717, 1.165) is 5.56 Å². The number of likely N-dealkylation sites (tertiary alicyclic amines) is 1. The summed E-state index contributed by atoms with van der Waals surface area (Å²) >= 11 is 0. The van der Waals surface area contributed by atoms with Crippen molar-refractivity contribution in [1.82, 2.24) is 4.90 Å². The van der Waals surface area contributed by atoms with Gasteiger partial charge < -0.3 is 14.2 Å². The summed E-state index contributed by atoms with van der Waals surface area (Å²) in [6.07, 6.45) is 0.847. The van der Waals surface area contributed by atoms with Gasteiger partial charge in [-0.05, 0) is 75.4 Å². The van der Waals surface area contributed by atoms with Gasteiger partial charge in [-0.25, -0.2) is 21.6 Å². The number of rotatable bonds is 8. The van der Waals surface area contributed by atoms with Crippen LogP contribution in [0.5, 0.6) is 5.75 Å². The lowest BCUT2D eigenvalue weighted by Crippen LogP contribution is -2.66. The summed E-state index contributed by atoms with van der Waals surface area (Å²) in [5.74, 6) is -0.241. The summed E-state index contributed by atoms with van der Waals surface area (Å²) in [7, 11) is -8.46. The molecule has 3 aromatic rings. The Morgan fingerprint density at radius 3 is 2.10 bits per heavy atom. The van der Waals surface area contributed by atoms with Gasteiger partial charge in [-0.1, -0.05) is 66.7 Å². The van der Waals surface area contributed by atoms with Crippen LogP contribution in [-0.4, -0.2) is 69.1 Å². The average Bonchev–Trinajstić information content (AvgIpc) is 3.07. The molecule has 3 aliphatic rings. The molecule has 3 aromatic carbocycles. The van der Waals surface area contributed by atoms with Crippen LogP contribution in [0, 0.1) is 5.41 Å². The Bertz CT molecular complexity index is 1940. The fraction of sp³-hybridized carbons (Fsp3) is 0.405. The average molecular weight is 708 g/mol. The Morgan fingerprint density at radius 1 is 0.837 bits per heavy atom. The molecule has 10 nitrogen and oxygen atoms in total. The van der Waals surface area contributed by atoms with Crippen molar-refractivity contribution in [3.05, 3.63) is 102 Å². The predicted octanol–water partition coefficient (Wildman–Crippen LogP) is 5.91. The molecule has 5 atom stereocenters. The first-order valence-corrected chi connectivity index (χ1v) is 19.5. The van der Waals surface area contributed by atoms with Crippen LogP contribution in [-0.2, 0) is 40.5 Å². The maximum atomic E-state index is 14.5. The van der Waals surface area contributed by atoms with Crippen molar-refractivity contribution in [1.29, 1.82) is 0 Å². The predicted molar refractivity (Wildman–Crippen MR) is 182 cm³/mol. The summed E-state index contributed by atoms with van der Waals surface area (Å²) in [5, 5.41) is -2.91. The van der Waals surface area contributed by atoms with Crippen LogP contribution >= 0.6 is 0 Å². The zero-order valence-electron chi connectivity index (χ0n) is 27.7. The molecule has 12 heteroatoms. The number of hydrogen-bond donors (Lipinski definition) is 0. The number of para-hydroxylation sites is 1. The number of nitrogens with zero attached hydrogens (tertiary/aromatic N) is 1. The second kappa shape index (κ2) is 13.7. The Hall–Kier alpha value is -4.00. The minimum Gasteiger partial charge on any atom is -0.457 e. The van der Waals surface area contributed by atoms with Gasteiger partial charge in [-0.2, -0.15) is 0 Å². The van der Waals surface area contributed by atoms with Gasteiger partial charge in [0.15, 0.2) is 19.7 Å². The van der Waals surface area contributed by atoms with Crippen LogP contribution in [0.3, 0.4) is 0 Å². The molecule has 0 aromatic heterocycles. The number of carbonyl (C=O) groups excluding carboxylic acids is 2. The summed E-state index contributed by atoms with van der Waals surface area (Å²) < 4.78 is 75.1. The van der Waals surface area contributed by atoms with Gasteiger partial charge in [0.25, 0.3) is 0 Å². The molecule has 260 valence electrons. The summed E-state index contributed by atoms with van der Waals surface area (Å²) in [4.78, 5) is 28.4. The second-order valence-electron chi connectivity index (χ2n) is 13.7. The molecule has 0 radical (unpaired) electrons. The third kappa shape index (κ3) is 6.91. The fourth-order valence-electron chi connectivity index (χ4n) is 6.94. The molecule has 0 saturated carbocycles. The molecule has 0 unspecified atom stereocenters. The number of piperidine rings is 1. The number of carbonyl (C=O) groups is 2. The van der Waals surface area contributed by atoms with Gasteiger partial charge in [-0.3, -0.25) is 9.69 Å². The van der Waals surface area contributed by atoms with E-state index in [1.165, 1.54) is 29.2 Å². The molecule has 2 aliphatic heterocycles. The van der Waals surface area contributed by atoms with E-state index in [-0.39, 0.29) is 28.4 Å². The molecule has 0 N–H and O–H groups in total. The van der Waals surface area contributed by atoms with E-state index in [9.17, 15) is 26.4 Å². The fourth-order valence-corrected chi connectivity index (χ4v) is 12.4. The van der Waals surface area contributed by atoms with E-state index in [4.69, 9.17) is 14.2 Å². The third-order valence-corrected chi connectivity index (χ3v) is 14.2. The van der Waals surface area contributed by atoms with Gasteiger partial charge in [0.05, 0.1) is 33.1 Å². The minimum atomic E-state index is -4.32. The highest BCUT2D eigenvalue weighted by Gasteiger charge is 2.60. The van der Waals surface area contributed by atoms with Crippen molar-refractivity contribution < 1.29 is 40.6 Å². The van der Waals surface area contributed by atoms with Crippen LogP contribution in [0.1, 0.15) is 52.0 Å². The number of ether oxygens (including phenoxy) is 3. The first kappa shape index (κ1) is 34.8. The van der Waals surface area contributed by atoms with Crippen molar-refractivity contribution in [2.45, 2.75) is 91.5 Å². The molecular weight excluding hydrogens is 667 g/mol. The van der Waals surface area contributed by atoms with Gasteiger partial charge in [0.1, 0.15) is 17.1 Å². The highest BCUT2D eigenvalue weighted by atomic mass is 32.2. The lowest BCUT2D eigenvalue weighted by Gasteiger charge is -2.52. The van der Waals surface area contributed by atoms with Crippen molar-refractivity contribution in [2.24, 2.45) is 5.41 Å². The standard InChI is InChI=1S/C37H41NO9S2/c1-37(2,3)35(39)47-29-23-26(15-12-22-45-24-25-13-6-4-7-14-25)38(36(40)46-27-16-8-5-9-17-27)33-28(29)20-21-32-34(33)49(43,44)31-19-11-10-18-30(31)48(32,41)42/h4-11,13-14,16-20,26,29,32-34H,12,15,21-24H2,1-3H3/t26-,29+,32+,33-,34+/m0/s1. The molecule has 0 bridgehead atoms. The normalized spacial score (nSPS) is 25.2. The summed E-state index contributed by atoms with van der Waals surface area (Å²) in [6.45, 7) is 5.91. The number of benzene rings is 3. The number of allylic oxidation sites excluding steroid dienone is 1. The smallest absolute Gasteiger partial charge is 0.416 e. The molecule has 1 fully saturated rings. The van der Waals surface area contributed by atoms with E-state index in [2.05, 4.69) is 0 Å². The van der Waals surface area contributed by atoms with Crippen LogP contribution in [0.25, 0.3) is 0 Å². The molecule has 1 saturated heterocycles. The summed E-state index contributed by atoms with van der Waals surface area (Å²) in [5.41, 5.74) is 0.532. The molecule has 1 amide bonds. The van der Waals surface area contributed by atoms with E-state index in [1.807, 2.05) is 30.3 Å². The van der Waals surface area contributed by atoms with Gasteiger partial charge in [0, 0.05) is 19.1 Å². The molecular formula is C37H41NO9S2. The quantitative estimate of drug-likeness (QED) is 0.159. The Kier molecular flexibility index (Phi) is 9.76. The van der Waals surface area contributed by atoms with Gasteiger partial charge in [-0.15, -0.1) is 0 Å². The van der Waals surface area contributed by atoms with Crippen LogP contribution in [0.2, 0.25) is 0 Å². The Morgan fingerprint density at radius 2 is 1.45 bits per heavy atom. The largest absolute Gasteiger partial charge is 0.457 e. The highest BCUT2D eigenvalue weighted by Crippen LogP contribution is 2.48. The maximum Gasteiger partial charge on any atom is 0.416 e. The van der Waals surface area contributed by atoms with Gasteiger partial charge >= 0.3 is 12.1 Å². The van der Waals surface area contributed by atoms with Crippen molar-refractivity contribution in [3.63, 3.8) is 0 Å². The number of sulfone groups is 2. The number of esters is 1. The topological polar surface area (TPSA) is 133 Å². The number of hydrogen-bond acceptors (Lipinski definition) is 9. The van der Waals surface area contributed by atoms with E-state index < -0.39 is 65.8 Å². The third-order valence-electron chi connectivity index (χ3n) is 9.33. The molecule has 1 aliphatic carbocycles. The summed E-state index contributed by atoms with van der Waals surface area (Å²) in [6, 6.07) is 21.8. The highest BCUT2D eigenvalue weighted by molar-refractivity contribution is 7.98. The molecule has 0 spiro atoms. The van der Waals surface area contributed by atoms with E-state index >= 15 is 0 Å². The minimum absolute atomic E-state index is 0.116. The van der Waals surface area contributed by atoms with Crippen molar-refractivity contribution >= 4 is 31.7 Å². The lowest BCUT2D eigenvalue weighted by atomic mass is 9.80. The monoisotopic (exact) mass is 707 g/mol. The second-order valence-corrected chi connectivity index (χ2v) is 17.9. The molecule has 6 rings (SSSR count). The van der Waals surface area contributed by atoms with E-state index in [0.29, 0.717) is 31.6 Å². The van der Waals surface area contributed by atoms with Crippen LogP contribution in [0.4, 0.5) is 4.79 Å². The number of fused-ring (bicyclic) bond motifs is 4. The zero-order chi connectivity index (χ0) is 35.0. The van der Waals surface area contributed by atoms with Crippen LogP contribution in [0.15, 0.2) is 106 Å². The maximum absolute atomic E-state index is 14.5. The van der Waals surface area contributed by atoms with Crippen LogP contribution < -0.4 is 4.74 Å². The lowest BCUT2D eigenvalue weighted by molar-refractivity contribution is -0.159. The molecule has 49 heavy (non-hydrogen) atoms. The zero-order valence-corrected chi connectivity index (χ0v) is 29.4. The Labute approximate surface area is 287 Å². The van der Waals surface area contributed by atoms with Gasteiger partial charge in [0.2, 0.25) is 0 Å². The first-order valence-electron chi connectivity index (χ1n) is 16.4. The van der Waals surface area contributed by atoms with Crippen molar-refractivity contribution in [3.8, 4) is 5.75 Å². The SMILES string of the molecule is CC(C)(C)C(=O)O[C@@H]1C[C@H](CCCOCc2ccccc2)N(C(=O)Oc2ccccc2)[C@H]2C1=CC[C@@H]1[C@H]2S(=O)(=O)c2ccccc2S1(=O)=O. The van der Waals surface area contributed by atoms with Crippen molar-refractivity contribution in [2.75, 3.05) is 6.61 Å². The number of amides is 1. The van der Waals surface area contributed by atoms with E-state index in [1.54, 1.807) is 57.2 Å².